The lowest BCUT2D eigenvalue weighted by Gasteiger charge is -2.11. The number of phenols is 1. The van der Waals surface area contributed by atoms with E-state index in [0.29, 0.717) is 6.07 Å². The van der Waals surface area contributed by atoms with Gasteiger partial charge in [-0.25, -0.2) is 0 Å². The molecular formula is C14H10F3NO2. The number of para-hydroxylation sites is 1. The molecule has 3 nitrogen and oxygen atoms in total. The Balaban J connectivity index is 2.53. The van der Waals surface area contributed by atoms with Gasteiger partial charge in [-0.1, -0.05) is 12.1 Å². The van der Waals surface area contributed by atoms with Gasteiger partial charge in [0.1, 0.15) is 5.75 Å². The molecule has 104 valence electrons. The second-order valence-corrected chi connectivity index (χ2v) is 4.15. The number of alkyl halides is 3. The molecule has 6 heteroatoms. The lowest BCUT2D eigenvalue weighted by Crippen LogP contribution is -2.10. The van der Waals surface area contributed by atoms with Crippen LogP contribution in [-0.4, -0.2) is 10.9 Å². The fourth-order valence-corrected chi connectivity index (χ4v) is 1.74. The highest BCUT2D eigenvalue weighted by atomic mass is 19.4. The van der Waals surface area contributed by atoms with E-state index in [2.05, 4.69) is 0 Å². The summed E-state index contributed by atoms with van der Waals surface area (Å²) < 4.78 is 37.9. The number of hydrogen-bond acceptors (Lipinski definition) is 3. The Morgan fingerprint density at radius 2 is 1.70 bits per heavy atom. The number of nitrogen functional groups attached to an aromatic ring is 1. The molecule has 0 aromatic heterocycles. The minimum atomic E-state index is -4.57. The summed E-state index contributed by atoms with van der Waals surface area (Å²) in [6, 6.07) is 8.10. The Kier molecular flexibility index (Phi) is 3.40. The number of ketones is 1. The van der Waals surface area contributed by atoms with Gasteiger partial charge in [0.2, 0.25) is 0 Å². The topological polar surface area (TPSA) is 63.3 Å². The second kappa shape index (κ2) is 4.88. The third-order valence-corrected chi connectivity index (χ3v) is 2.77. The third kappa shape index (κ3) is 2.59. The highest BCUT2D eigenvalue weighted by Crippen LogP contribution is 2.32. The van der Waals surface area contributed by atoms with E-state index in [1.807, 2.05) is 0 Å². The number of rotatable bonds is 2. The Morgan fingerprint density at radius 3 is 2.30 bits per heavy atom. The molecule has 3 N–H and O–H groups in total. The number of halogens is 3. The number of hydrogen-bond donors (Lipinski definition) is 2. The smallest absolute Gasteiger partial charge is 0.416 e. The Hall–Kier alpha value is -2.50. The summed E-state index contributed by atoms with van der Waals surface area (Å²) in [6.45, 7) is 0. The average molecular weight is 281 g/mol. The predicted octanol–water partition coefficient (Wildman–Crippen LogP) is 3.22. The van der Waals surface area contributed by atoms with Crippen molar-refractivity contribution in [3.05, 3.63) is 59.2 Å². The fraction of sp³-hybridized carbons (Fsp3) is 0.0714. The van der Waals surface area contributed by atoms with Crippen LogP contribution in [-0.2, 0) is 6.18 Å². The standard InChI is InChI=1S/C14H10F3NO2/c15-14(16,17)8-5-6-11(18)10(7-8)13(20)9-3-1-2-4-12(9)19/h1-7,19H,18H2. The molecule has 0 atom stereocenters. The molecule has 20 heavy (non-hydrogen) atoms. The summed E-state index contributed by atoms with van der Waals surface area (Å²) in [7, 11) is 0. The van der Waals surface area contributed by atoms with Crippen LogP contribution in [0.1, 0.15) is 21.5 Å². The molecule has 0 aliphatic carbocycles. The summed E-state index contributed by atoms with van der Waals surface area (Å²) in [6.07, 6.45) is -4.57. The van der Waals surface area contributed by atoms with Crippen LogP contribution in [0.25, 0.3) is 0 Å². The maximum absolute atomic E-state index is 12.6. The van der Waals surface area contributed by atoms with Crippen molar-refractivity contribution >= 4 is 11.5 Å². The normalized spacial score (nSPS) is 11.3. The van der Waals surface area contributed by atoms with Crippen LogP contribution in [0.2, 0.25) is 0 Å². The molecule has 2 rings (SSSR count). The van der Waals surface area contributed by atoms with E-state index in [4.69, 9.17) is 5.73 Å². The molecule has 0 heterocycles. The summed E-state index contributed by atoms with van der Waals surface area (Å²) >= 11 is 0. The third-order valence-electron chi connectivity index (χ3n) is 2.77. The first-order chi connectivity index (χ1) is 9.30. The highest BCUT2D eigenvalue weighted by molar-refractivity contribution is 6.13. The van der Waals surface area contributed by atoms with Gasteiger partial charge in [0.05, 0.1) is 11.1 Å². The first-order valence-electron chi connectivity index (χ1n) is 5.60. The van der Waals surface area contributed by atoms with Crippen LogP contribution < -0.4 is 5.73 Å². The molecule has 2 aromatic carbocycles. The zero-order chi connectivity index (χ0) is 14.9. The van der Waals surface area contributed by atoms with Crippen LogP contribution in [0.4, 0.5) is 18.9 Å². The van der Waals surface area contributed by atoms with Gasteiger partial charge in [-0.05, 0) is 30.3 Å². The molecule has 0 aliphatic heterocycles. The van der Waals surface area contributed by atoms with E-state index >= 15 is 0 Å². The summed E-state index contributed by atoms with van der Waals surface area (Å²) in [5, 5.41) is 9.58. The second-order valence-electron chi connectivity index (χ2n) is 4.15. The fourth-order valence-electron chi connectivity index (χ4n) is 1.74. The number of nitrogens with two attached hydrogens (primary N) is 1. The van der Waals surface area contributed by atoms with Gasteiger partial charge in [0.25, 0.3) is 0 Å². The largest absolute Gasteiger partial charge is 0.507 e. The average Bonchev–Trinajstić information content (AvgIpc) is 2.37. The van der Waals surface area contributed by atoms with Gasteiger partial charge in [0, 0.05) is 11.3 Å². The first kappa shape index (κ1) is 13.9. The van der Waals surface area contributed by atoms with Crippen molar-refractivity contribution in [2.24, 2.45) is 0 Å². The molecular weight excluding hydrogens is 271 g/mol. The number of aromatic hydroxyl groups is 1. The lowest BCUT2D eigenvalue weighted by molar-refractivity contribution is -0.137. The first-order valence-corrected chi connectivity index (χ1v) is 5.60. The number of carbonyl (C=O) groups is 1. The molecule has 0 radical (unpaired) electrons. The molecule has 0 bridgehead atoms. The Labute approximate surface area is 112 Å². The van der Waals surface area contributed by atoms with E-state index in [0.717, 1.165) is 12.1 Å². The monoisotopic (exact) mass is 281 g/mol. The number of carbonyl (C=O) groups excluding carboxylic acids is 1. The van der Waals surface area contributed by atoms with Crippen molar-refractivity contribution in [3.8, 4) is 5.75 Å². The minimum absolute atomic E-state index is 0.0775. The predicted molar refractivity (Wildman–Crippen MR) is 67.4 cm³/mol. The number of benzene rings is 2. The van der Waals surface area contributed by atoms with Crippen LogP contribution >= 0.6 is 0 Å². The van der Waals surface area contributed by atoms with Crippen molar-refractivity contribution in [1.82, 2.24) is 0 Å². The Morgan fingerprint density at radius 1 is 1.05 bits per heavy atom. The van der Waals surface area contributed by atoms with Crippen LogP contribution in [0.5, 0.6) is 5.75 Å². The van der Waals surface area contributed by atoms with Gasteiger partial charge in [-0.15, -0.1) is 0 Å². The van der Waals surface area contributed by atoms with Gasteiger partial charge >= 0.3 is 6.18 Å². The van der Waals surface area contributed by atoms with Crippen molar-refractivity contribution in [2.75, 3.05) is 5.73 Å². The van der Waals surface area contributed by atoms with Crippen molar-refractivity contribution in [2.45, 2.75) is 6.18 Å². The zero-order valence-electron chi connectivity index (χ0n) is 10.1. The maximum Gasteiger partial charge on any atom is 0.416 e. The number of phenolic OH excluding ortho intramolecular Hbond substituents is 1. The maximum atomic E-state index is 12.6. The van der Waals surface area contributed by atoms with Gasteiger partial charge < -0.3 is 10.8 Å². The summed E-state index contributed by atoms with van der Waals surface area (Å²) in [5.74, 6) is -1.07. The number of anilines is 1. The molecule has 0 unspecified atom stereocenters. The quantitative estimate of drug-likeness (QED) is 0.656. The molecule has 0 amide bonds. The van der Waals surface area contributed by atoms with Crippen molar-refractivity contribution in [3.63, 3.8) is 0 Å². The van der Waals surface area contributed by atoms with Crippen LogP contribution in [0.15, 0.2) is 42.5 Å². The van der Waals surface area contributed by atoms with E-state index < -0.39 is 17.5 Å². The van der Waals surface area contributed by atoms with E-state index in [9.17, 15) is 23.1 Å². The van der Waals surface area contributed by atoms with Crippen molar-refractivity contribution < 1.29 is 23.1 Å². The highest BCUT2D eigenvalue weighted by Gasteiger charge is 2.31. The van der Waals surface area contributed by atoms with Crippen LogP contribution in [0.3, 0.4) is 0 Å². The van der Waals surface area contributed by atoms with E-state index in [-0.39, 0.29) is 22.6 Å². The SMILES string of the molecule is Nc1ccc(C(F)(F)F)cc1C(=O)c1ccccc1O. The summed E-state index contributed by atoms with van der Waals surface area (Å²) in [5.41, 5.74) is 4.12. The van der Waals surface area contributed by atoms with Gasteiger partial charge in [-0.2, -0.15) is 13.2 Å². The lowest BCUT2D eigenvalue weighted by atomic mass is 9.99. The van der Waals surface area contributed by atoms with E-state index in [1.54, 1.807) is 0 Å². The molecule has 0 spiro atoms. The van der Waals surface area contributed by atoms with Crippen LogP contribution in [0, 0.1) is 0 Å². The molecule has 0 saturated carbocycles. The van der Waals surface area contributed by atoms with Crippen molar-refractivity contribution in [1.29, 1.82) is 0 Å². The van der Waals surface area contributed by atoms with Gasteiger partial charge in [-0.3, -0.25) is 4.79 Å². The molecule has 2 aromatic rings. The molecule has 0 saturated heterocycles. The minimum Gasteiger partial charge on any atom is -0.507 e. The molecule has 0 aliphatic rings. The summed E-state index contributed by atoms with van der Waals surface area (Å²) in [4.78, 5) is 12.2. The van der Waals surface area contributed by atoms with E-state index in [1.165, 1.54) is 24.3 Å². The zero-order valence-corrected chi connectivity index (χ0v) is 10.1. The van der Waals surface area contributed by atoms with Gasteiger partial charge in [0.15, 0.2) is 5.78 Å². The molecule has 0 fully saturated rings. The Bertz CT molecular complexity index is 666.